The van der Waals surface area contributed by atoms with E-state index in [4.69, 9.17) is 9.97 Å². The molecule has 318 valence electrons. The van der Waals surface area contributed by atoms with Crippen LogP contribution in [0.4, 0.5) is 0 Å². The summed E-state index contributed by atoms with van der Waals surface area (Å²) in [4.78, 5) is 10.3. The van der Waals surface area contributed by atoms with Gasteiger partial charge < -0.3 is 4.57 Å². The van der Waals surface area contributed by atoms with Crippen LogP contribution in [0.3, 0.4) is 0 Å². The van der Waals surface area contributed by atoms with Crippen LogP contribution in [0.5, 0.6) is 0 Å². The van der Waals surface area contributed by atoms with E-state index >= 15 is 0 Å². The molecule has 0 saturated carbocycles. The normalized spacial score (nSPS) is 13.9. The fourth-order valence-corrected chi connectivity index (χ4v) is 11.7. The summed E-state index contributed by atoms with van der Waals surface area (Å²) in [5.41, 5.74) is 23.5. The van der Waals surface area contributed by atoms with Crippen LogP contribution in [0.2, 0.25) is 0 Å². The third-order valence-electron chi connectivity index (χ3n) is 14.7. The van der Waals surface area contributed by atoms with Crippen LogP contribution in [0, 0.1) is 0 Å². The molecular formula is C65H43N3. The van der Waals surface area contributed by atoms with Gasteiger partial charge in [-0.05, 0) is 134 Å². The van der Waals surface area contributed by atoms with Gasteiger partial charge >= 0.3 is 0 Å². The molecule has 2 aromatic heterocycles. The first kappa shape index (κ1) is 38.6. The molecule has 3 aliphatic rings. The number of para-hydroxylation sites is 2. The second-order valence-corrected chi connectivity index (χ2v) is 18.3. The topological polar surface area (TPSA) is 30.7 Å². The third-order valence-corrected chi connectivity index (χ3v) is 14.7. The summed E-state index contributed by atoms with van der Waals surface area (Å²) in [6.45, 7) is 0. The van der Waals surface area contributed by atoms with Crippen LogP contribution in [0.25, 0.3) is 100 Å². The molecule has 9 aromatic carbocycles. The summed E-state index contributed by atoms with van der Waals surface area (Å²) in [6.07, 6.45) is 8.55. The lowest BCUT2D eigenvalue weighted by molar-refractivity contribution is 0.794. The van der Waals surface area contributed by atoms with E-state index in [-0.39, 0.29) is 0 Å². The molecule has 0 aliphatic heterocycles. The minimum Gasteiger partial charge on any atom is -0.309 e. The van der Waals surface area contributed by atoms with Crippen molar-refractivity contribution in [3.05, 3.63) is 265 Å². The van der Waals surface area contributed by atoms with Gasteiger partial charge in [0.25, 0.3) is 0 Å². The highest BCUT2D eigenvalue weighted by Gasteiger charge is 2.51. The highest BCUT2D eigenvalue weighted by atomic mass is 15.0. The van der Waals surface area contributed by atoms with Gasteiger partial charge in [0.05, 0.1) is 27.8 Å². The van der Waals surface area contributed by atoms with Crippen LogP contribution < -0.4 is 0 Å². The first-order valence-electron chi connectivity index (χ1n) is 23.7. The number of nitrogens with zero attached hydrogens (tertiary/aromatic N) is 3. The Bertz CT molecular complexity index is 3820. The Labute approximate surface area is 395 Å². The smallest absolute Gasteiger partial charge is 0.160 e. The average Bonchev–Trinajstić information content (AvgIpc) is 4.03. The first-order valence-corrected chi connectivity index (χ1v) is 23.7. The Kier molecular flexibility index (Phi) is 8.63. The van der Waals surface area contributed by atoms with E-state index in [0.717, 1.165) is 52.4 Å². The zero-order chi connectivity index (χ0) is 44.8. The van der Waals surface area contributed by atoms with Gasteiger partial charge in [-0.1, -0.05) is 188 Å². The van der Waals surface area contributed by atoms with Crippen molar-refractivity contribution in [2.75, 3.05) is 0 Å². The van der Waals surface area contributed by atoms with E-state index in [0.29, 0.717) is 0 Å². The van der Waals surface area contributed by atoms with Crippen molar-refractivity contribution >= 4 is 27.4 Å². The number of benzene rings is 9. The zero-order valence-electron chi connectivity index (χ0n) is 37.3. The highest BCUT2D eigenvalue weighted by Crippen LogP contribution is 2.63. The van der Waals surface area contributed by atoms with Gasteiger partial charge in [-0.2, -0.15) is 0 Å². The molecule has 0 amide bonds. The third kappa shape index (κ3) is 5.79. The number of rotatable bonds is 6. The second kappa shape index (κ2) is 15.2. The highest BCUT2D eigenvalue weighted by molar-refractivity contribution is 6.09. The van der Waals surface area contributed by atoms with Gasteiger partial charge in [0.2, 0.25) is 0 Å². The molecular weight excluding hydrogens is 823 g/mol. The molecule has 68 heavy (non-hydrogen) atoms. The van der Waals surface area contributed by atoms with Gasteiger partial charge in [0, 0.05) is 27.6 Å². The zero-order valence-corrected chi connectivity index (χ0v) is 37.3. The van der Waals surface area contributed by atoms with Gasteiger partial charge in [-0.25, -0.2) is 9.97 Å². The molecule has 0 radical (unpaired) electrons. The van der Waals surface area contributed by atoms with Gasteiger partial charge in [0.1, 0.15) is 0 Å². The van der Waals surface area contributed by atoms with Crippen molar-refractivity contribution in [1.82, 2.24) is 14.5 Å². The molecule has 3 aliphatic carbocycles. The number of fused-ring (bicyclic) bond motifs is 13. The van der Waals surface area contributed by atoms with E-state index < -0.39 is 5.41 Å². The fraction of sp³-hybridized carbons (Fsp3) is 0.0462. The minimum absolute atomic E-state index is 0.514. The molecule has 0 bridgehead atoms. The summed E-state index contributed by atoms with van der Waals surface area (Å²) >= 11 is 0. The molecule has 0 N–H and O–H groups in total. The first-order chi connectivity index (χ1) is 33.7. The Morgan fingerprint density at radius 3 is 1.57 bits per heavy atom. The van der Waals surface area contributed by atoms with Crippen LogP contribution >= 0.6 is 0 Å². The summed E-state index contributed by atoms with van der Waals surface area (Å²) in [6, 6.07) is 80.6. The Morgan fingerprint density at radius 1 is 0.382 bits per heavy atom. The van der Waals surface area contributed by atoms with Gasteiger partial charge in [-0.3, -0.25) is 0 Å². The van der Waals surface area contributed by atoms with E-state index in [1.807, 2.05) is 6.07 Å². The lowest BCUT2D eigenvalue weighted by Crippen LogP contribution is -2.26. The summed E-state index contributed by atoms with van der Waals surface area (Å²) in [5.74, 6) is 0.743. The molecule has 3 heteroatoms. The van der Waals surface area contributed by atoms with Crippen molar-refractivity contribution in [2.45, 2.75) is 18.3 Å². The predicted molar refractivity (Wildman–Crippen MR) is 281 cm³/mol. The minimum atomic E-state index is -0.514. The average molecular weight is 866 g/mol. The van der Waals surface area contributed by atoms with Crippen molar-refractivity contribution in [3.63, 3.8) is 0 Å². The molecule has 14 rings (SSSR count). The number of allylic oxidation sites excluding steroid dienone is 4. The number of hydrogen-bond acceptors (Lipinski definition) is 2. The van der Waals surface area contributed by atoms with Crippen molar-refractivity contribution in [1.29, 1.82) is 0 Å². The molecule has 3 nitrogen and oxygen atoms in total. The van der Waals surface area contributed by atoms with E-state index in [9.17, 15) is 0 Å². The van der Waals surface area contributed by atoms with Crippen molar-refractivity contribution in [3.8, 4) is 72.8 Å². The van der Waals surface area contributed by atoms with E-state index in [2.05, 4.69) is 235 Å². The van der Waals surface area contributed by atoms with Crippen molar-refractivity contribution in [2.24, 2.45) is 0 Å². The Morgan fingerprint density at radius 2 is 0.912 bits per heavy atom. The van der Waals surface area contributed by atoms with Crippen LogP contribution in [-0.2, 0) is 5.41 Å². The monoisotopic (exact) mass is 865 g/mol. The van der Waals surface area contributed by atoms with Gasteiger partial charge in [-0.15, -0.1) is 0 Å². The lowest BCUT2D eigenvalue weighted by Gasteiger charge is -2.31. The quantitative estimate of drug-likeness (QED) is 0.167. The SMILES string of the molecule is C1=CCCC(c2cc(-c3cccc(-c4ccc5c(c4)C4(c6ccccc6-c6ccccc64)c4cc(-c6cccc(-n7c8ccccc8c8ccccc87)c6)ccc4-5)c3)nc(-c3ccccc3)n2)=C1. The van der Waals surface area contributed by atoms with E-state index in [1.54, 1.807) is 0 Å². The Balaban J connectivity index is 0.929. The standard InChI is InChI=1S/C65H43N3/c1-3-17-42(18-4-1)60-41-61(67-64(66-60)43-19-5-2-6-20-43)48-23-15-21-44(37-48)46-33-35-52-53-36-34-47(40-59(53)65(58(52)39-46)56-29-11-7-25-50(56)51-26-8-12-30-57(51)65)45-22-16-24-49(38-45)68-62-31-13-9-27-54(62)55-28-10-14-32-63(55)68/h1-3,5-17,19-41H,4,18H2. The molecule has 1 spiro atoms. The fourth-order valence-electron chi connectivity index (χ4n) is 11.7. The maximum Gasteiger partial charge on any atom is 0.160 e. The second-order valence-electron chi connectivity index (χ2n) is 18.3. The summed E-state index contributed by atoms with van der Waals surface area (Å²) in [5, 5.41) is 2.53. The van der Waals surface area contributed by atoms with Crippen molar-refractivity contribution < 1.29 is 0 Å². The number of hydrogen-bond donors (Lipinski definition) is 0. The molecule has 0 fully saturated rings. The lowest BCUT2D eigenvalue weighted by atomic mass is 9.70. The maximum absolute atomic E-state index is 5.22. The summed E-state index contributed by atoms with van der Waals surface area (Å²) in [7, 11) is 0. The Hall–Kier alpha value is -8.66. The van der Waals surface area contributed by atoms with Crippen LogP contribution in [0.15, 0.2) is 237 Å². The molecule has 0 saturated heterocycles. The molecule has 11 aromatic rings. The van der Waals surface area contributed by atoms with Gasteiger partial charge in [0.15, 0.2) is 5.82 Å². The largest absolute Gasteiger partial charge is 0.309 e. The van der Waals surface area contributed by atoms with Crippen LogP contribution in [0.1, 0.15) is 40.8 Å². The maximum atomic E-state index is 5.22. The van der Waals surface area contributed by atoms with Crippen LogP contribution in [-0.4, -0.2) is 14.5 Å². The van der Waals surface area contributed by atoms with E-state index in [1.165, 1.54) is 88.6 Å². The molecule has 0 unspecified atom stereocenters. The summed E-state index contributed by atoms with van der Waals surface area (Å²) < 4.78 is 2.41. The predicted octanol–water partition coefficient (Wildman–Crippen LogP) is 16.3. The molecule has 2 heterocycles. The number of aromatic nitrogens is 3. The molecule has 0 atom stereocenters.